The Hall–Kier alpha value is -0.460. The summed E-state index contributed by atoms with van der Waals surface area (Å²) in [6.45, 7) is 1.26. The molecule has 20 heavy (non-hydrogen) atoms. The minimum atomic E-state index is -0.135. The average molecular weight is 308 g/mol. The van der Waals surface area contributed by atoms with Gasteiger partial charge in [-0.3, -0.25) is 0 Å². The Bertz CT molecular complexity index is 517. The van der Waals surface area contributed by atoms with Gasteiger partial charge in [-0.25, -0.2) is 0 Å². The highest BCUT2D eigenvalue weighted by atomic mass is 32.2. The van der Waals surface area contributed by atoms with Crippen molar-refractivity contribution < 1.29 is 14.2 Å². The summed E-state index contributed by atoms with van der Waals surface area (Å²) in [5.41, 5.74) is 1.20. The van der Waals surface area contributed by atoms with Crippen LogP contribution in [-0.4, -0.2) is 36.6 Å². The molecule has 3 aliphatic heterocycles. The van der Waals surface area contributed by atoms with E-state index in [1.165, 1.54) is 15.4 Å². The maximum absolute atomic E-state index is 6.17. The van der Waals surface area contributed by atoms with Gasteiger partial charge in [0.2, 0.25) is 0 Å². The van der Waals surface area contributed by atoms with Gasteiger partial charge in [0.1, 0.15) is 12.2 Å². The van der Waals surface area contributed by atoms with Gasteiger partial charge in [-0.1, -0.05) is 30.3 Å². The van der Waals surface area contributed by atoms with Gasteiger partial charge in [-0.15, -0.1) is 23.5 Å². The first-order valence-electron chi connectivity index (χ1n) is 6.84. The zero-order valence-electron chi connectivity index (χ0n) is 11.0. The molecule has 3 heterocycles. The van der Waals surface area contributed by atoms with Crippen molar-refractivity contribution in [1.29, 1.82) is 0 Å². The van der Waals surface area contributed by atoms with E-state index in [0.717, 1.165) is 11.5 Å². The first-order valence-corrected chi connectivity index (χ1v) is 8.81. The molecular formula is C15H16O3S2. The fourth-order valence-corrected chi connectivity index (χ4v) is 5.28. The number of rotatable bonds is 3. The quantitative estimate of drug-likeness (QED) is 0.856. The van der Waals surface area contributed by atoms with E-state index in [0.29, 0.717) is 13.2 Å². The molecule has 1 fully saturated rings. The van der Waals surface area contributed by atoms with E-state index >= 15 is 0 Å². The van der Waals surface area contributed by atoms with Gasteiger partial charge < -0.3 is 14.2 Å². The number of hydrogen-bond donors (Lipinski definition) is 0. The first-order chi connectivity index (χ1) is 9.92. The van der Waals surface area contributed by atoms with Crippen molar-refractivity contribution >= 4 is 23.5 Å². The molecule has 0 N–H and O–H groups in total. The zero-order chi connectivity index (χ0) is 13.4. The lowest BCUT2D eigenvalue weighted by Crippen LogP contribution is -2.37. The molecule has 1 aromatic rings. The Balaban J connectivity index is 1.54. The maximum Gasteiger partial charge on any atom is 0.191 e. The highest BCUT2D eigenvalue weighted by Crippen LogP contribution is 2.47. The van der Waals surface area contributed by atoms with Crippen molar-refractivity contribution in [2.24, 2.45) is 0 Å². The van der Waals surface area contributed by atoms with Gasteiger partial charge in [0, 0.05) is 16.4 Å². The highest BCUT2D eigenvalue weighted by Gasteiger charge is 2.45. The second-order valence-corrected chi connectivity index (χ2v) is 7.26. The van der Waals surface area contributed by atoms with E-state index in [9.17, 15) is 0 Å². The third kappa shape index (κ3) is 2.42. The highest BCUT2D eigenvalue weighted by molar-refractivity contribution is 8.10. The van der Waals surface area contributed by atoms with Crippen LogP contribution >= 0.6 is 23.5 Å². The summed E-state index contributed by atoms with van der Waals surface area (Å²) in [6, 6.07) is 10.3. The summed E-state index contributed by atoms with van der Waals surface area (Å²) in [7, 11) is 0. The van der Waals surface area contributed by atoms with Gasteiger partial charge in [0.15, 0.2) is 6.29 Å². The van der Waals surface area contributed by atoms with Crippen LogP contribution in [0.1, 0.15) is 5.56 Å². The molecule has 1 aromatic carbocycles. The predicted octanol–water partition coefficient (Wildman–Crippen LogP) is 3.02. The van der Waals surface area contributed by atoms with Crippen LogP contribution in [0.15, 0.2) is 40.1 Å². The minimum Gasteiger partial charge on any atom is -0.365 e. The molecular weight excluding hydrogens is 292 g/mol. The smallest absolute Gasteiger partial charge is 0.191 e. The normalized spacial score (nSPS) is 32.3. The molecule has 106 valence electrons. The number of ether oxygens (including phenoxy) is 3. The second-order valence-electron chi connectivity index (χ2n) is 4.98. The van der Waals surface area contributed by atoms with E-state index in [2.05, 4.69) is 12.1 Å². The molecule has 0 unspecified atom stereocenters. The molecule has 0 amide bonds. The van der Waals surface area contributed by atoms with E-state index in [1.54, 1.807) is 0 Å². The number of benzene rings is 1. The molecule has 1 saturated heterocycles. The maximum atomic E-state index is 6.17. The Labute approximate surface area is 127 Å². The fraction of sp³-hybridized carbons (Fsp3) is 0.467. The van der Waals surface area contributed by atoms with Crippen molar-refractivity contribution in [3.63, 3.8) is 0 Å². The lowest BCUT2D eigenvalue weighted by molar-refractivity contribution is -0.0788. The van der Waals surface area contributed by atoms with Crippen molar-refractivity contribution in [2.45, 2.75) is 25.1 Å². The topological polar surface area (TPSA) is 27.7 Å². The van der Waals surface area contributed by atoms with Gasteiger partial charge in [0.25, 0.3) is 0 Å². The largest absolute Gasteiger partial charge is 0.365 e. The average Bonchev–Trinajstić information content (AvgIpc) is 2.94. The number of fused-ring (bicyclic) bond motifs is 3. The summed E-state index contributed by atoms with van der Waals surface area (Å²) in [6.07, 6.45) is -0.0557. The van der Waals surface area contributed by atoms with Crippen molar-refractivity contribution in [3.8, 4) is 0 Å². The lowest BCUT2D eigenvalue weighted by Gasteiger charge is -2.34. The fourth-order valence-electron chi connectivity index (χ4n) is 2.68. The van der Waals surface area contributed by atoms with Gasteiger partial charge in [-0.05, 0) is 5.56 Å². The summed E-state index contributed by atoms with van der Waals surface area (Å²) in [5.74, 6) is 2.27. The van der Waals surface area contributed by atoms with Crippen LogP contribution in [0.4, 0.5) is 0 Å². The number of thioether (sulfide) groups is 2. The van der Waals surface area contributed by atoms with Crippen LogP contribution < -0.4 is 0 Å². The summed E-state index contributed by atoms with van der Waals surface area (Å²) in [5, 5.41) is 0. The molecule has 0 saturated carbocycles. The molecule has 0 aliphatic carbocycles. The van der Waals surface area contributed by atoms with Crippen molar-refractivity contribution in [3.05, 3.63) is 45.7 Å². The Morgan fingerprint density at radius 1 is 1.10 bits per heavy atom. The van der Waals surface area contributed by atoms with Crippen LogP contribution in [0.2, 0.25) is 0 Å². The standard InChI is InChI=1S/C15H16O3S2/c1-2-4-10(5-3-1)8-16-12-11-9-17-15(18-11)14-13(12)19-6-7-20-14/h1-5,11-12,15H,6-9H2/t11-,12+,15+/m0/s1. The van der Waals surface area contributed by atoms with E-state index in [-0.39, 0.29) is 18.5 Å². The monoisotopic (exact) mass is 308 g/mol. The summed E-state index contributed by atoms with van der Waals surface area (Å²) < 4.78 is 17.8. The molecule has 4 rings (SSSR count). The van der Waals surface area contributed by atoms with E-state index in [1.807, 2.05) is 41.7 Å². The number of hydrogen-bond acceptors (Lipinski definition) is 5. The van der Waals surface area contributed by atoms with Crippen LogP contribution in [0, 0.1) is 0 Å². The third-order valence-corrected chi connectivity index (χ3v) is 6.32. The zero-order valence-corrected chi connectivity index (χ0v) is 12.6. The molecule has 3 nitrogen and oxygen atoms in total. The van der Waals surface area contributed by atoms with Gasteiger partial charge in [0.05, 0.1) is 18.1 Å². The van der Waals surface area contributed by atoms with E-state index in [4.69, 9.17) is 14.2 Å². The van der Waals surface area contributed by atoms with Crippen LogP contribution in [0.25, 0.3) is 0 Å². The Kier molecular flexibility index (Phi) is 3.79. The molecule has 0 radical (unpaired) electrons. The van der Waals surface area contributed by atoms with Gasteiger partial charge in [-0.2, -0.15) is 0 Å². The molecule has 0 aromatic heterocycles. The van der Waals surface area contributed by atoms with Gasteiger partial charge >= 0.3 is 0 Å². The van der Waals surface area contributed by atoms with E-state index < -0.39 is 0 Å². The minimum absolute atomic E-state index is 0.0294. The molecule has 0 spiro atoms. The first kappa shape index (κ1) is 13.2. The predicted molar refractivity (Wildman–Crippen MR) is 81.6 cm³/mol. The third-order valence-electron chi connectivity index (χ3n) is 3.63. The van der Waals surface area contributed by atoms with Crippen LogP contribution in [-0.2, 0) is 20.8 Å². The Morgan fingerprint density at radius 3 is 2.75 bits per heavy atom. The lowest BCUT2D eigenvalue weighted by atomic mass is 10.1. The van der Waals surface area contributed by atoms with Crippen LogP contribution in [0.5, 0.6) is 0 Å². The molecule has 2 bridgehead atoms. The summed E-state index contributed by atoms with van der Waals surface area (Å²) >= 11 is 3.77. The molecule has 3 atom stereocenters. The Morgan fingerprint density at radius 2 is 1.90 bits per heavy atom. The molecule has 5 heteroatoms. The SMILES string of the molecule is c1ccc(CO[C@H]2C3=C(SCCS3)[C@@H]3OC[C@@H]2O3)cc1. The summed E-state index contributed by atoms with van der Waals surface area (Å²) in [4.78, 5) is 2.59. The van der Waals surface area contributed by atoms with Crippen molar-refractivity contribution in [2.75, 3.05) is 18.1 Å². The molecule has 3 aliphatic rings. The van der Waals surface area contributed by atoms with Crippen molar-refractivity contribution in [1.82, 2.24) is 0 Å². The van der Waals surface area contributed by atoms with Crippen LogP contribution in [0.3, 0.4) is 0 Å². The second kappa shape index (κ2) is 5.73.